The summed E-state index contributed by atoms with van der Waals surface area (Å²) in [6.45, 7) is 4.03. The summed E-state index contributed by atoms with van der Waals surface area (Å²) < 4.78 is 0. The molecular weight excluding hydrogens is 240 g/mol. The molecule has 0 aromatic heterocycles. The number of rotatable bonds is 8. The van der Waals surface area contributed by atoms with Crippen molar-refractivity contribution in [1.82, 2.24) is 5.43 Å². The van der Waals surface area contributed by atoms with Crippen LogP contribution in [0.3, 0.4) is 0 Å². The Hall–Kier alpha value is -1.55. The van der Waals surface area contributed by atoms with Gasteiger partial charge in [0, 0.05) is 0 Å². The first-order valence-corrected chi connectivity index (χ1v) is 6.92. The lowest BCUT2D eigenvalue weighted by Crippen LogP contribution is -2.38. The Kier molecular flexibility index (Phi) is 6.36. The van der Waals surface area contributed by atoms with Gasteiger partial charge in [-0.2, -0.15) is 0 Å². The van der Waals surface area contributed by atoms with Gasteiger partial charge in [0.2, 0.25) is 5.91 Å². The van der Waals surface area contributed by atoms with Crippen molar-refractivity contribution in [1.29, 1.82) is 0 Å². The van der Waals surface area contributed by atoms with Crippen molar-refractivity contribution in [3.8, 4) is 0 Å². The van der Waals surface area contributed by atoms with E-state index in [9.17, 15) is 9.90 Å². The van der Waals surface area contributed by atoms with Crippen molar-refractivity contribution >= 4 is 11.6 Å². The lowest BCUT2D eigenvalue weighted by molar-refractivity contribution is -0.126. The SMILES string of the molecule is CCCC(O)(CCC)CC(=O)NNc1ccccc1. The zero-order valence-corrected chi connectivity index (χ0v) is 11.8. The molecule has 0 fully saturated rings. The molecule has 0 aliphatic rings. The maximum Gasteiger partial charge on any atom is 0.241 e. The Morgan fingerprint density at radius 2 is 1.74 bits per heavy atom. The number of anilines is 1. The highest BCUT2D eigenvalue weighted by atomic mass is 16.3. The largest absolute Gasteiger partial charge is 0.389 e. The van der Waals surface area contributed by atoms with Crippen LogP contribution in [0.2, 0.25) is 0 Å². The Morgan fingerprint density at radius 3 is 2.26 bits per heavy atom. The minimum absolute atomic E-state index is 0.133. The fourth-order valence-corrected chi connectivity index (χ4v) is 2.24. The van der Waals surface area contributed by atoms with Gasteiger partial charge in [0.15, 0.2) is 0 Å². The number of hydrogen-bond donors (Lipinski definition) is 3. The smallest absolute Gasteiger partial charge is 0.241 e. The predicted molar refractivity (Wildman–Crippen MR) is 77.6 cm³/mol. The Balaban J connectivity index is 2.44. The molecule has 1 aromatic carbocycles. The lowest BCUT2D eigenvalue weighted by Gasteiger charge is -2.26. The van der Waals surface area contributed by atoms with Crippen LogP contribution in [0, 0.1) is 0 Å². The second kappa shape index (κ2) is 7.79. The van der Waals surface area contributed by atoms with Crippen LogP contribution in [-0.2, 0) is 4.79 Å². The number of para-hydroxylation sites is 1. The van der Waals surface area contributed by atoms with Crippen molar-refractivity contribution in [3.63, 3.8) is 0 Å². The van der Waals surface area contributed by atoms with Gasteiger partial charge in [-0.1, -0.05) is 44.9 Å². The Labute approximate surface area is 115 Å². The van der Waals surface area contributed by atoms with E-state index in [2.05, 4.69) is 10.9 Å². The number of benzene rings is 1. The number of amides is 1. The molecule has 0 aliphatic carbocycles. The fraction of sp³-hybridized carbons (Fsp3) is 0.533. The van der Waals surface area contributed by atoms with Gasteiger partial charge in [-0.05, 0) is 25.0 Å². The van der Waals surface area contributed by atoms with Gasteiger partial charge in [-0.3, -0.25) is 15.6 Å². The van der Waals surface area contributed by atoms with E-state index in [1.54, 1.807) is 0 Å². The summed E-state index contributed by atoms with van der Waals surface area (Å²) in [7, 11) is 0. The van der Waals surface area contributed by atoms with E-state index >= 15 is 0 Å². The van der Waals surface area contributed by atoms with Crippen LogP contribution >= 0.6 is 0 Å². The number of nitrogens with one attached hydrogen (secondary N) is 2. The van der Waals surface area contributed by atoms with Crippen LogP contribution < -0.4 is 10.9 Å². The van der Waals surface area contributed by atoms with Gasteiger partial charge in [-0.25, -0.2) is 0 Å². The first kappa shape index (κ1) is 15.5. The van der Waals surface area contributed by atoms with Gasteiger partial charge >= 0.3 is 0 Å². The Bertz CT molecular complexity index is 373. The van der Waals surface area contributed by atoms with Crippen LogP contribution in [0.1, 0.15) is 46.0 Å². The van der Waals surface area contributed by atoms with Crippen molar-refractivity contribution in [2.45, 2.75) is 51.6 Å². The van der Waals surface area contributed by atoms with Crippen LogP contribution in [0.25, 0.3) is 0 Å². The highest BCUT2D eigenvalue weighted by Crippen LogP contribution is 2.23. The minimum Gasteiger partial charge on any atom is -0.389 e. The molecule has 0 radical (unpaired) electrons. The molecule has 0 bridgehead atoms. The average Bonchev–Trinajstić information content (AvgIpc) is 2.38. The van der Waals surface area contributed by atoms with E-state index in [1.807, 2.05) is 44.2 Å². The third-order valence-electron chi connectivity index (χ3n) is 3.04. The van der Waals surface area contributed by atoms with Crippen molar-refractivity contribution in [2.75, 3.05) is 5.43 Å². The monoisotopic (exact) mass is 264 g/mol. The van der Waals surface area contributed by atoms with E-state index in [-0.39, 0.29) is 12.3 Å². The first-order valence-electron chi connectivity index (χ1n) is 6.92. The fourth-order valence-electron chi connectivity index (χ4n) is 2.24. The molecule has 1 amide bonds. The van der Waals surface area contributed by atoms with Gasteiger partial charge in [0.1, 0.15) is 0 Å². The number of carbonyl (C=O) groups is 1. The molecule has 0 aliphatic heterocycles. The quantitative estimate of drug-likeness (QED) is 0.633. The molecule has 3 N–H and O–H groups in total. The molecule has 0 heterocycles. The predicted octanol–water partition coefficient (Wildman–Crippen LogP) is 2.85. The average molecular weight is 264 g/mol. The molecule has 0 saturated heterocycles. The second-order valence-electron chi connectivity index (χ2n) is 4.94. The number of hydrogen-bond acceptors (Lipinski definition) is 3. The number of hydrazine groups is 1. The van der Waals surface area contributed by atoms with Crippen molar-refractivity contribution < 1.29 is 9.90 Å². The third kappa shape index (κ3) is 5.75. The summed E-state index contributed by atoms with van der Waals surface area (Å²) in [6, 6.07) is 9.42. The second-order valence-corrected chi connectivity index (χ2v) is 4.94. The first-order chi connectivity index (χ1) is 9.09. The number of aliphatic hydroxyl groups is 1. The van der Waals surface area contributed by atoms with E-state index in [0.29, 0.717) is 12.8 Å². The van der Waals surface area contributed by atoms with Crippen molar-refractivity contribution in [3.05, 3.63) is 30.3 Å². The molecule has 0 unspecified atom stereocenters. The zero-order valence-electron chi connectivity index (χ0n) is 11.8. The molecule has 0 atom stereocenters. The highest BCUT2D eigenvalue weighted by Gasteiger charge is 2.27. The standard InChI is InChI=1S/C15H24N2O2/c1-3-10-15(19,11-4-2)12-14(18)17-16-13-8-6-5-7-9-13/h5-9,16,19H,3-4,10-12H2,1-2H3,(H,17,18). The summed E-state index contributed by atoms with van der Waals surface area (Å²) in [5, 5.41) is 10.4. The Morgan fingerprint density at radius 1 is 1.16 bits per heavy atom. The molecule has 106 valence electrons. The zero-order chi connectivity index (χ0) is 14.1. The van der Waals surface area contributed by atoms with Crippen LogP contribution in [0.4, 0.5) is 5.69 Å². The van der Waals surface area contributed by atoms with E-state index < -0.39 is 5.60 Å². The maximum absolute atomic E-state index is 11.8. The summed E-state index contributed by atoms with van der Waals surface area (Å²) in [5.41, 5.74) is 5.40. The molecule has 0 spiro atoms. The minimum atomic E-state index is -0.883. The highest BCUT2D eigenvalue weighted by molar-refractivity contribution is 5.78. The lowest BCUT2D eigenvalue weighted by atomic mass is 9.89. The van der Waals surface area contributed by atoms with Gasteiger partial charge in [0.25, 0.3) is 0 Å². The molecule has 0 saturated carbocycles. The topological polar surface area (TPSA) is 61.4 Å². The van der Waals surface area contributed by atoms with E-state index in [0.717, 1.165) is 18.5 Å². The summed E-state index contributed by atoms with van der Waals surface area (Å²) in [5.74, 6) is -0.187. The molecule has 19 heavy (non-hydrogen) atoms. The summed E-state index contributed by atoms with van der Waals surface area (Å²) in [6.07, 6.45) is 3.18. The van der Waals surface area contributed by atoms with Gasteiger partial charge < -0.3 is 5.11 Å². The van der Waals surface area contributed by atoms with Crippen LogP contribution in [0.15, 0.2) is 30.3 Å². The van der Waals surface area contributed by atoms with Crippen molar-refractivity contribution in [2.24, 2.45) is 0 Å². The molecule has 4 heteroatoms. The number of carbonyl (C=O) groups excluding carboxylic acids is 1. The van der Waals surface area contributed by atoms with Crippen LogP contribution in [-0.4, -0.2) is 16.6 Å². The van der Waals surface area contributed by atoms with Gasteiger partial charge in [0.05, 0.1) is 17.7 Å². The summed E-state index contributed by atoms with van der Waals surface area (Å²) >= 11 is 0. The molecule has 1 aromatic rings. The molecule has 1 rings (SSSR count). The van der Waals surface area contributed by atoms with Gasteiger partial charge in [-0.15, -0.1) is 0 Å². The normalized spacial score (nSPS) is 11.1. The maximum atomic E-state index is 11.8. The molecular formula is C15H24N2O2. The van der Waals surface area contributed by atoms with Crippen LogP contribution in [0.5, 0.6) is 0 Å². The van der Waals surface area contributed by atoms with E-state index in [1.165, 1.54) is 0 Å². The molecule has 4 nitrogen and oxygen atoms in total. The third-order valence-corrected chi connectivity index (χ3v) is 3.04. The van der Waals surface area contributed by atoms with E-state index in [4.69, 9.17) is 0 Å². The summed E-state index contributed by atoms with van der Waals surface area (Å²) in [4.78, 5) is 11.8.